The van der Waals surface area contributed by atoms with Crippen LogP contribution in [0.25, 0.3) is 0 Å². The SMILES string of the molecule is Cc1c(C(=O)NC(c2ccccc2)c2ccncc2)nnn1C1CCNCC1.Cl.Cl. The van der Waals surface area contributed by atoms with Crippen LogP contribution in [0.4, 0.5) is 0 Å². The number of pyridine rings is 1. The van der Waals surface area contributed by atoms with Crippen molar-refractivity contribution < 1.29 is 4.79 Å². The second-order valence-corrected chi connectivity index (χ2v) is 7.05. The molecule has 0 saturated carbocycles. The quantitative estimate of drug-likeness (QED) is 0.625. The lowest BCUT2D eigenvalue weighted by atomic mass is 9.99. The molecule has 1 atom stereocenters. The molecule has 2 aromatic heterocycles. The van der Waals surface area contributed by atoms with Crippen molar-refractivity contribution in [1.82, 2.24) is 30.6 Å². The monoisotopic (exact) mass is 448 g/mol. The van der Waals surface area contributed by atoms with E-state index in [2.05, 4.69) is 25.9 Å². The lowest BCUT2D eigenvalue weighted by Gasteiger charge is -2.23. The zero-order chi connectivity index (χ0) is 19.3. The van der Waals surface area contributed by atoms with E-state index >= 15 is 0 Å². The van der Waals surface area contributed by atoms with Gasteiger partial charge in [-0.25, -0.2) is 4.68 Å². The second kappa shape index (κ2) is 11.1. The van der Waals surface area contributed by atoms with Crippen molar-refractivity contribution in [3.05, 3.63) is 77.4 Å². The number of hydrogen-bond acceptors (Lipinski definition) is 5. The van der Waals surface area contributed by atoms with E-state index in [4.69, 9.17) is 0 Å². The molecule has 1 unspecified atom stereocenters. The van der Waals surface area contributed by atoms with Gasteiger partial charge in [-0.1, -0.05) is 35.5 Å². The fraction of sp³-hybridized carbons (Fsp3) is 0.333. The lowest BCUT2D eigenvalue weighted by molar-refractivity contribution is 0.0937. The number of nitrogens with zero attached hydrogens (tertiary/aromatic N) is 4. The number of aromatic nitrogens is 4. The molecular weight excluding hydrogens is 423 g/mol. The summed E-state index contributed by atoms with van der Waals surface area (Å²) in [4.78, 5) is 17.1. The Bertz CT molecular complexity index is 890. The number of halogens is 2. The molecule has 1 aromatic carbocycles. The highest BCUT2D eigenvalue weighted by Crippen LogP contribution is 2.23. The molecule has 7 nitrogen and oxygen atoms in total. The molecule has 30 heavy (non-hydrogen) atoms. The molecule has 0 radical (unpaired) electrons. The maximum atomic E-state index is 13.1. The summed E-state index contributed by atoms with van der Waals surface area (Å²) in [6, 6.07) is 13.7. The molecule has 3 heterocycles. The summed E-state index contributed by atoms with van der Waals surface area (Å²) >= 11 is 0. The van der Waals surface area contributed by atoms with Crippen molar-refractivity contribution >= 4 is 30.7 Å². The minimum Gasteiger partial charge on any atom is -0.340 e. The van der Waals surface area contributed by atoms with Crippen LogP contribution in [-0.4, -0.2) is 39.0 Å². The topological polar surface area (TPSA) is 84.7 Å². The predicted octanol–water partition coefficient (Wildman–Crippen LogP) is 3.27. The van der Waals surface area contributed by atoms with Gasteiger partial charge in [0.1, 0.15) is 0 Å². The summed E-state index contributed by atoms with van der Waals surface area (Å²) in [7, 11) is 0. The molecule has 0 spiro atoms. The third-order valence-electron chi connectivity index (χ3n) is 5.24. The molecule has 1 aliphatic heterocycles. The first-order chi connectivity index (χ1) is 13.7. The number of amides is 1. The standard InChI is InChI=1S/C21H24N6O.2ClH/c1-15-19(25-26-27(15)18-9-13-23-14-10-18)21(28)24-20(16-5-3-2-4-6-16)17-7-11-22-12-8-17;;/h2-8,11-12,18,20,23H,9-10,13-14H2,1H3,(H,24,28);2*1H. The first kappa shape index (κ1) is 23.8. The van der Waals surface area contributed by atoms with E-state index in [0.29, 0.717) is 11.7 Å². The molecule has 160 valence electrons. The lowest BCUT2D eigenvalue weighted by Crippen LogP contribution is -2.31. The van der Waals surface area contributed by atoms with Crippen LogP contribution in [0.15, 0.2) is 54.9 Å². The molecule has 3 aromatic rings. The average molecular weight is 449 g/mol. The number of piperidine rings is 1. The number of carbonyl (C=O) groups is 1. The van der Waals surface area contributed by atoms with Gasteiger partial charge in [0.25, 0.3) is 5.91 Å². The van der Waals surface area contributed by atoms with Crippen molar-refractivity contribution in [2.45, 2.75) is 31.8 Å². The van der Waals surface area contributed by atoms with Gasteiger partial charge in [-0.3, -0.25) is 9.78 Å². The Morgan fingerprint density at radius 2 is 1.70 bits per heavy atom. The van der Waals surface area contributed by atoms with Gasteiger partial charge < -0.3 is 10.6 Å². The van der Waals surface area contributed by atoms with Crippen molar-refractivity contribution in [2.24, 2.45) is 0 Å². The zero-order valence-electron chi connectivity index (χ0n) is 16.7. The fourth-order valence-corrected chi connectivity index (χ4v) is 3.71. The van der Waals surface area contributed by atoms with Crippen LogP contribution in [0.3, 0.4) is 0 Å². The van der Waals surface area contributed by atoms with Gasteiger partial charge in [0.15, 0.2) is 5.69 Å². The smallest absolute Gasteiger partial charge is 0.274 e. The van der Waals surface area contributed by atoms with Gasteiger partial charge in [0.2, 0.25) is 0 Å². The van der Waals surface area contributed by atoms with E-state index in [-0.39, 0.29) is 36.8 Å². The van der Waals surface area contributed by atoms with Crippen LogP contribution in [-0.2, 0) is 0 Å². The van der Waals surface area contributed by atoms with E-state index in [0.717, 1.165) is 42.8 Å². The molecule has 1 saturated heterocycles. The molecule has 4 rings (SSSR count). The Morgan fingerprint density at radius 1 is 1.07 bits per heavy atom. The van der Waals surface area contributed by atoms with Gasteiger partial charge in [-0.2, -0.15) is 0 Å². The van der Waals surface area contributed by atoms with Crippen LogP contribution in [0.1, 0.15) is 52.2 Å². The summed E-state index contributed by atoms with van der Waals surface area (Å²) in [5.74, 6) is -0.219. The largest absolute Gasteiger partial charge is 0.340 e. The Hall–Kier alpha value is -2.48. The van der Waals surface area contributed by atoms with E-state index in [9.17, 15) is 4.79 Å². The van der Waals surface area contributed by atoms with Crippen LogP contribution >= 0.6 is 24.8 Å². The normalized spacial score (nSPS) is 14.8. The zero-order valence-corrected chi connectivity index (χ0v) is 18.3. The second-order valence-electron chi connectivity index (χ2n) is 7.05. The third kappa shape index (κ3) is 5.16. The number of hydrogen-bond donors (Lipinski definition) is 2. The van der Waals surface area contributed by atoms with E-state index in [1.54, 1.807) is 12.4 Å². The van der Waals surface area contributed by atoms with E-state index < -0.39 is 0 Å². The number of nitrogens with one attached hydrogen (secondary N) is 2. The van der Waals surface area contributed by atoms with Gasteiger partial charge in [0, 0.05) is 12.4 Å². The van der Waals surface area contributed by atoms with E-state index in [1.807, 2.05) is 54.1 Å². The van der Waals surface area contributed by atoms with Crippen LogP contribution < -0.4 is 10.6 Å². The summed E-state index contributed by atoms with van der Waals surface area (Å²) < 4.78 is 1.90. The Morgan fingerprint density at radius 3 is 2.37 bits per heavy atom. The predicted molar refractivity (Wildman–Crippen MR) is 120 cm³/mol. The van der Waals surface area contributed by atoms with Crippen LogP contribution in [0, 0.1) is 6.92 Å². The van der Waals surface area contributed by atoms with Gasteiger partial charge in [-0.15, -0.1) is 29.9 Å². The van der Waals surface area contributed by atoms with Gasteiger partial charge >= 0.3 is 0 Å². The van der Waals surface area contributed by atoms with Crippen molar-refractivity contribution in [2.75, 3.05) is 13.1 Å². The minimum atomic E-state index is -0.278. The Balaban J connectivity index is 0.00000160. The van der Waals surface area contributed by atoms with Crippen molar-refractivity contribution in [3.8, 4) is 0 Å². The molecule has 2 N–H and O–H groups in total. The summed E-state index contributed by atoms with van der Waals surface area (Å²) in [6.45, 7) is 3.84. The highest BCUT2D eigenvalue weighted by Gasteiger charge is 2.25. The Labute approximate surface area is 188 Å². The molecular formula is C21H26Cl2N6O. The van der Waals surface area contributed by atoms with Crippen LogP contribution in [0.5, 0.6) is 0 Å². The Kier molecular flexibility index (Phi) is 8.77. The average Bonchev–Trinajstić information content (AvgIpc) is 3.15. The van der Waals surface area contributed by atoms with Gasteiger partial charge in [0.05, 0.1) is 17.8 Å². The third-order valence-corrected chi connectivity index (χ3v) is 5.24. The molecule has 1 aliphatic rings. The summed E-state index contributed by atoms with van der Waals surface area (Å²) in [6.07, 6.45) is 5.45. The molecule has 1 amide bonds. The first-order valence-corrected chi connectivity index (χ1v) is 9.62. The highest BCUT2D eigenvalue weighted by atomic mass is 35.5. The molecule has 0 aliphatic carbocycles. The molecule has 1 fully saturated rings. The number of benzene rings is 1. The van der Waals surface area contributed by atoms with Crippen molar-refractivity contribution in [3.63, 3.8) is 0 Å². The number of carbonyl (C=O) groups excluding carboxylic acids is 1. The maximum Gasteiger partial charge on any atom is 0.274 e. The van der Waals surface area contributed by atoms with Crippen molar-refractivity contribution in [1.29, 1.82) is 0 Å². The number of rotatable bonds is 5. The van der Waals surface area contributed by atoms with Gasteiger partial charge in [-0.05, 0) is 56.1 Å². The van der Waals surface area contributed by atoms with E-state index in [1.165, 1.54) is 0 Å². The fourth-order valence-electron chi connectivity index (χ4n) is 3.71. The first-order valence-electron chi connectivity index (χ1n) is 9.62. The molecule has 9 heteroatoms. The minimum absolute atomic E-state index is 0. The summed E-state index contributed by atoms with van der Waals surface area (Å²) in [5.41, 5.74) is 3.17. The molecule has 0 bridgehead atoms. The summed E-state index contributed by atoms with van der Waals surface area (Å²) in [5, 5.41) is 15.0. The van der Waals surface area contributed by atoms with Crippen LogP contribution in [0.2, 0.25) is 0 Å². The highest BCUT2D eigenvalue weighted by molar-refractivity contribution is 5.93. The maximum absolute atomic E-state index is 13.1.